The third kappa shape index (κ3) is 5.51. The van der Waals surface area contributed by atoms with E-state index in [1.807, 2.05) is 0 Å². The Morgan fingerprint density at radius 1 is 1.11 bits per heavy atom. The normalized spacial score (nSPS) is 23.4. The van der Waals surface area contributed by atoms with Crippen LogP contribution < -0.4 is 15.4 Å². The summed E-state index contributed by atoms with van der Waals surface area (Å²) < 4.78 is 25.5. The molecule has 0 bridgehead atoms. The minimum absolute atomic E-state index is 0.0192. The smallest absolute Gasteiger partial charge is 0.257 e. The second-order valence-electron chi connectivity index (χ2n) is 9.75. The lowest BCUT2D eigenvalue weighted by Crippen LogP contribution is -2.53. The number of fused-ring (bicyclic) bond motifs is 2. The number of benzene rings is 2. The molecule has 0 unspecified atom stereocenters. The van der Waals surface area contributed by atoms with Crippen LogP contribution in [-0.2, 0) is 20.9 Å². The van der Waals surface area contributed by atoms with Gasteiger partial charge in [-0.2, -0.15) is 0 Å². The number of amides is 3. The number of likely N-dealkylation sites (N-methyl/N-ethyl adjacent to an activating group) is 1. The van der Waals surface area contributed by atoms with Gasteiger partial charge < -0.3 is 25.0 Å². The lowest BCUT2D eigenvalue weighted by Gasteiger charge is -2.42. The van der Waals surface area contributed by atoms with Gasteiger partial charge >= 0.3 is 0 Å². The van der Waals surface area contributed by atoms with Crippen molar-refractivity contribution in [3.05, 3.63) is 59.4 Å². The number of carbonyl (C=O) groups excluding carboxylic acids is 3. The van der Waals surface area contributed by atoms with Crippen LogP contribution >= 0.6 is 0 Å². The predicted molar refractivity (Wildman–Crippen MR) is 130 cm³/mol. The summed E-state index contributed by atoms with van der Waals surface area (Å²) in [6.45, 7) is 0.486. The number of anilines is 1. The van der Waals surface area contributed by atoms with Crippen molar-refractivity contribution >= 4 is 23.4 Å². The van der Waals surface area contributed by atoms with Crippen molar-refractivity contribution in [2.75, 3.05) is 19.0 Å². The van der Waals surface area contributed by atoms with Gasteiger partial charge in [-0.3, -0.25) is 14.4 Å². The number of carbonyl (C=O) groups is 3. The maximum Gasteiger partial charge on any atom is 0.257 e. The third-order valence-electron chi connectivity index (χ3n) is 7.02. The van der Waals surface area contributed by atoms with Gasteiger partial charge in [0.2, 0.25) is 11.8 Å². The summed E-state index contributed by atoms with van der Waals surface area (Å²) in [6.07, 6.45) is 2.60. The second-order valence-corrected chi connectivity index (χ2v) is 9.75. The molecule has 2 N–H and O–H groups in total. The molecule has 2 heterocycles. The molecule has 9 heteroatoms. The minimum Gasteiger partial charge on any atom is -0.490 e. The van der Waals surface area contributed by atoms with E-state index in [0.29, 0.717) is 35.4 Å². The fourth-order valence-electron chi connectivity index (χ4n) is 4.82. The van der Waals surface area contributed by atoms with E-state index in [4.69, 9.17) is 9.47 Å². The second kappa shape index (κ2) is 10.3. The van der Waals surface area contributed by atoms with E-state index in [0.717, 1.165) is 12.8 Å². The highest BCUT2D eigenvalue weighted by molar-refractivity contribution is 6.00. The zero-order valence-electron chi connectivity index (χ0n) is 20.2. The highest BCUT2D eigenvalue weighted by Gasteiger charge is 2.39. The molecule has 0 spiro atoms. The van der Waals surface area contributed by atoms with Crippen molar-refractivity contribution in [3.63, 3.8) is 0 Å². The number of ether oxygens (including phenoxy) is 2. The molecule has 2 aliphatic heterocycles. The van der Waals surface area contributed by atoms with E-state index in [9.17, 15) is 18.8 Å². The number of halogens is 1. The van der Waals surface area contributed by atoms with Gasteiger partial charge in [-0.05, 0) is 61.6 Å². The molecule has 2 fully saturated rings. The summed E-state index contributed by atoms with van der Waals surface area (Å²) >= 11 is 0. The topological polar surface area (TPSA) is 97.0 Å². The average molecular weight is 496 g/mol. The van der Waals surface area contributed by atoms with Gasteiger partial charge in [0.25, 0.3) is 5.91 Å². The largest absolute Gasteiger partial charge is 0.490 e. The Labute approximate surface area is 209 Å². The number of hydrogen-bond donors (Lipinski definition) is 2. The van der Waals surface area contributed by atoms with Crippen LogP contribution in [0.3, 0.4) is 0 Å². The SMILES string of the molecule is CN1C(=O)c2cc(NC(=O)C3CC3)ccc2OC[C@H]2O[C@H](CC(=O)NCc3cccc(F)c3)CC[C@H]21. The molecule has 3 amide bonds. The molecule has 3 aliphatic rings. The Kier molecular flexibility index (Phi) is 6.91. The monoisotopic (exact) mass is 495 g/mol. The first-order valence-electron chi connectivity index (χ1n) is 12.4. The predicted octanol–water partition coefficient (Wildman–Crippen LogP) is 3.26. The van der Waals surface area contributed by atoms with Gasteiger partial charge in [0.1, 0.15) is 24.3 Å². The Morgan fingerprint density at radius 2 is 1.94 bits per heavy atom. The van der Waals surface area contributed by atoms with Crippen LogP contribution in [0, 0.1) is 11.7 Å². The molecule has 3 atom stereocenters. The molecule has 8 nitrogen and oxygen atoms in total. The van der Waals surface area contributed by atoms with Gasteiger partial charge in [-0.25, -0.2) is 4.39 Å². The van der Waals surface area contributed by atoms with Crippen LogP contribution in [0.15, 0.2) is 42.5 Å². The summed E-state index contributed by atoms with van der Waals surface area (Å²) in [5.41, 5.74) is 1.68. The zero-order chi connectivity index (χ0) is 25.2. The van der Waals surface area contributed by atoms with E-state index in [-0.39, 0.29) is 67.3 Å². The number of rotatable bonds is 6. The lowest BCUT2D eigenvalue weighted by atomic mass is 9.94. The van der Waals surface area contributed by atoms with Crippen LogP contribution in [-0.4, -0.2) is 54.5 Å². The van der Waals surface area contributed by atoms with Crippen molar-refractivity contribution in [1.82, 2.24) is 10.2 Å². The molecule has 0 aromatic heterocycles. The van der Waals surface area contributed by atoms with E-state index in [2.05, 4.69) is 10.6 Å². The molecule has 1 saturated carbocycles. The quantitative estimate of drug-likeness (QED) is 0.641. The first kappa shape index (κ1) is 24.2. The number of nitrogens with one attached hydrogen (secondary N) is 2. The van der Waals surface area contributed by atoms with E-state index >= 15 is 0 Å². The van der Waals surface area contributed by atoms with Crippen LogP contribution in [0.2, 0.25) is 0 Å². The molecule has 1 saturated heterocycles. The number of nitrogens with zero attached hydrogens (tertiary/aromatic N) is 1. The van der Waals surface area contributed by atoms with E-state index in [1.165, 1.54) is 12.1 Å². The molecule has 2 aromatic carbocycles. The van der Waals surface area contributed by atoms with Crippen molar-refractivity contribution in [2.24, 2.45) is 5.92 Å². The van der Waals surface area contributed by atoms with Gasteiger partial charge in [0.05, 0.1) is 24.1 Å². The standard InChI is InChI=1S/C27H30FN3O5/c1-31-22-9-8-20(13-25(32)29-14-16-3-2-4-18(28)11-16)36-24(22)15-35-23-10-7-19(12-21(23)27(31)34)30-26(33)17-5-6-17/h2-4,7,10-12,17,20,22,24H,5-6,8-9,13-15H2,1H3,(H,29,32)(H,30,33)/t20-,22+,24+/m0/s1. The summed E-state index contributed by atoms with van der Waals surface area (Å²) in [5.74, 6) is -0.227. The van der Waals surface area contributed by atoms with Crippen molar-refractivity contribution in [3.8, 4) is 5.75 Å². The third-order valence-corrected chi connectivity index (χ3v) is 7.02. The molecular formula is C27H30FN3O5. The Hall–Kier alpha value is -3.46. The Morgan fingerprint density at radius 3 is 2.72 bits per heavy atom. The first-order valence-corrected chi connectivity index (χ1v) is 12.4. The summed E-state index contributed by atoms with van der Waals surface area (Å²) in [5, 5.41) is 5.70. The Balaban J connectivity index is 1.20. The van der Waals surface area contributed by atoms with Crippen LogP contribution in [0.1, 0.15) is 48.0 Å². The van der Waals surface area contributed by atoms with Crippen molar-refractivity contribution < 1.29 is 28.2 Å². The van der Waals surface area contributed by atoms with Gasteiger partial charge in [-0.15, -0.1) is 0 Å². The minimum atomic E-state index is -0.379. The fraction of sp³-hybridized carbons (Fsp3) is 0.444. The summed E-state index contributed by atoms with van der Waals surface area (Å²) in [4.78, 5) is 39.6. The van der Waals surface area contributed by atoms with Crippen LogP contribution in [0.5, 0.6) is 5.75 Å². The average Bonchev–Trinajstić information content (AvgIpc) is 3.71. The van der Waals surface area contributed by atoms with E-state index < -0.39 is 0 Å². The maximum absolute atomic E-state index is 13.3. The number of hydrogen-bond acceptors (Lipinski definition) is 5. The first-order chi connectivity index (χ1) is 17.4. The van der Waals surface area contributed by atoms with Crippen molar-refractivity contribution in [2.45, 2.75) is 56.9 Å². The summed E-state index contributed by atoms with van der Waals surface area (Å²) in [6, 6.07) is 11.0. The Bertz CT molecular complexity index is 1170. The maximum atomic E-state index is 13.3. The highest BCUT2D eigenvalue weighted by Crippen LogP contribution is 2.34. The van der Waals surface area contributed by atoms with Crippen molar-refractivity contribution in [1.29, 1.82) is 0 Å². The van der Waals surface area contributed by atoms with Gasteiger partial charge in [0, 0.05) is 25.2 Å². The van der Waals surface area contributed by atoms with Gasteiger partial charge in [-0.1, -0.05) is 12.1 Å². The zero-order valence-corrected chi connectivity index (χ0v) is 20.2. The van der Waals surface area contributed by atoms with Gasteiger partial charge in [0.15, 0.2) is 0 Å². The van der Waals surface area contributed by atoms with Crippen LogP contribution in [0.25, 0.3) is 0 Å². The molecule has 36 heavy (non-hydrogen) atoms. The fourth-order valence-corrected chi connectivity index (χ4v) is 4.82. The van der Waals surface area contributed by atoms with Crippen LogP contribution in [0.4, 0.5) is 10.1 Å². The lowest BCUT2D eigenvalue weighted by molar-refractivity contribution is -0.134. The molecular weight excluding hydrogens is 465 g/mol. The highest BCUT2D eigenvalue weighted by atomic mass is 19.1. The molecule has 5 rings (SSSR count). The summed E-state index contributed by atoms with van der Waals surface area (Å²) in [7, 11) is 1.75. The molecule has 2 aromatic rings. The molecule has 1 aliphatic carbocycles. The molecule has 0 radical (unpaired) electrons. The molecule has 190 valence electrons. The van der Waals surface area contributed by atoms with E-state index in [1.54, 1.807) is 42.3 Å².